The quantitative estimate of drug-likeness (QED) is 0.371. The zero-order valence-corrected chi connectivity index (χ0v) is 16.3. The Morgan fingerprint density at radius 1 is 0.667 bits per heavy atom. The van der Waals surface area contributed by atoms with Crippen molar-refractivity contribution in [1.82, 2.24) is 15.0 Å². The lowest BCUT2D eigenvalue weighted by Crippen LogP contribution is -2.10. The summed E-state index contributed by atoms with van der Waals surface area (Å²) in [5, 5.41) is 9.08. The van der Waals surface area contributed by atoms with Gasteiger partial charge in [-0.15, -0.1) is 5.10 Å². The number of rotatable bonds is 3. The molecule has 0 N–H and O–H groups in total. The Bertz CT molecular complexity index is 1330. The maximum Gasteiger partial charge on any atom is 0.140 e. The van der Waals surface area contributed by atoms with Gasteiger partial charge in [0.2, 0.25) is 0 Å². The largest absolute Gasteiger partial charge is 0.225 e. The van der Waals surface area contributed by atoms with E-state index in [1.54, 1.807) is 0 Å². The Morgan fingerprint density at radius 3 is 2.07 bits per heavy atom. The van der Waals surface area contributed by atoms with Crippen LogP contribution in [0.2, 0.25) is 0 Å². The minimum atomic E-state index is -0.234. The zero-order valence-electron chi connectivity index (χ0n) is 16.3. The number of aromatic nitrogens is 3. The van der Waals surface area contributed by atoms with Gasteiger partial charge in [0.1, 0.15) is 11.6 Å². The fraction of sp³-hybridized carbons (Fsp3) is 0.0370. The lowest BCUT2D eigenvalue weighted by Gasteiger charge is -2.12. The Hall–Kier alpha value is -4.16. The van der Waals surface area contributed by atoms with Crippen LogP contribution in [-0.4, -0.2) is 15.0 Å². The van der Waals surface area contributed by atoms with Gasteiger partial charge >= 0.3 is 0 Å². The van der Waals surface area contributed by atoms with Gasteiger partial charge in [-0.1, -0.05) is 108 Å². The van der Waals surface area contributed by atoms with Crippen molar-refractivity contribution >= 4 is 11.0 Å². The molecular formula is C27H19N3. The average molecular weight is 385 g/mol. The lowest BCUT2D eigenvalue weighted by molar-refractivity contribution is 0.617. The molecule has 0 bridgehead atoms. The monoisotopic (exact) mass is 385 g/mol. The molecule has 1 heterocycles. The predicted molar refractivity (Wildman–Crippen MR) is 121 cm³/mol. The number of nitrogens with zero attached hydrogens (tertiary/aromatic N) is 3. The van der Waals surface area contributed by atoms with E-state index >= 15 is 0 Å². The topological polar surface area (TPSA) is 30.7 Å². The van der Waals surface area contributed by atoms with Gasteiger partial charge < -0.3 is 0 Å². The third-order valence-corrected chi connectivity index (χ3v) is 5.07. The van der Waals surface area contributed by atoms with Crippen LogP contribution in [0.1, 0.15) is 17.2 Å². The molecule has 4 aromatic carbocycles. The van der Waals surface area contributed by atoms with E-state index in [0.717, 1.165) is 33.3 Å². The molecule has 1 atom stereocenters. The first-order valence-corrected chi connectivity index (χ1v) is 9.91. The van der Waals surface area contributed by atoms with Crippen LogP contribution in [0.5, 0.6) is 0 Å². The van der Waals surface area contributed by atoms with Gasteiger partial charge in [-0.05, 0) is 29.3 Å². The molecule has 1 aromatic heterocycles. The molecule has 0 saturated heterocycles. The maximum absolute atomic E-state index is 4.54. The van der Waals surface area contributed by atoms with Crippen molar-refractivity contribution in [3.05, 3.63) is 120 Å². The van der Waals surface area contributed by atoms with E-state index in [4.69, 9.17) is 0 Å². The summed E-state index contributed by atoms with van der Waals surface area (Å²) in [4.78, 5) is 0. The van der Waals surface area contributed by atoms with Gasteiger partial charge in [-0.25, -0.2) is 4.68 Å². The second-order valence-electron chi connectivity index (χ2n) is 7.02. The third kappa shape index (κ3) is 3.47. The van der Waals surface area contributed by atoms with Crippen LogP contribution in [0.25, 0.3) is 22.2 Å². The summed E-state index contributed by atoms with van der Waals surface area (Å²) in [7, 11) is 0. The summed E-state index contributed by atoms with van der Waals surface area (Å²) in [5.41, 5.74) is 6.10. The van der Waals surface area contributed by atoms with Gasteiger partial charge in [0.05, 0.1) is 5.52 Å². The Balaban J connectivity index is 1.66. The Morgan fingerprint density at radius 2 is 1.33 bits per heavy atom. The highest BCUT2D eigenvalue weighted by atomic mass is 15.4. The van der Waals surface area contributed by atoms with Crippen molar-refractivity contribution < 1.29 is 0 Å². The van der Waals surface area contributed by atoms with Crippen LogP contribution in [0.4, 0.5) is 0 Å². The molecule has 0 aliphatic heterocycles. The van der Waals surface area contributed by atoms with E-state index < -0.39 is 0 Å². The molecule has 3 nitrogen and oxygen atoms in total. The van der Waals surface area contributed by atoms with Crippen LogP contribution in [0.3, 0.4) is 0 Å². The molecule has 0 radical (unpaired) electrons. The van der Waals surface area contributed by atoms with Gasteiger partial charge in [-0.2, -0.15) is 0 Å². The summed E-state index contributed by atoms with van der Waals surface area (Å²) in [6.45, 7) is 0. The van der Waals surface area contributed by atoms with E-state index in [1.165, 1.54) is 0 Å². The average Bonchev–Trinajstić information content (AvgIpc) is 3.25. The molecule has 3 heteroatoms. The van der Waals surface area contributed by atoms with E-state index in [9.17, 15) is 0 Å². The fourth-order valence-corrected chi connectivity index (χ4v) is 3.60. The molecule has 5 rings (SSSR count). The molecule has 0 amide bonds. The maximum atomic E-state index is 4.54. The standard InChI is InChI=1S/C27H19N3/c1-4-11-21(12-5-1)19-20-25(23-15-8-3-9-16-23)30-26-18-10-17-24(27(26)28-29-30)22-13-6-2-7-14-22/h1-18,25H. The molecule has 0 spiro atoms. The predicted octanol–water partition coefficient (Wildman–Crippen LogP) is 5.74. The number of benzene rings is 4. The van der Waals surface area contributed by atoms with Gasteiger partial charge in [0.25, 0.3) is 0 Å². The minimum absolute atomic E-state index is 0.234. The summed E-state index contributed by atoms with van der Waals surface area (Å²) >= 11 is 0. The number of hydrogen-bond donors (Lipinski definition) is 0. The lowest BCUT2D eigenvalue weighted by atomic mass is 10.0. The van der Waals surface area contributed by atoms with E-state index in [0.29, 0.717) is 0 Å². The van der Waals surface area contributed by atoms with Crippen molar-refractivity contribution in [2.24, 2.45) is 0 Å². The zero-order chi connectivity index (χ0) is 20.2. The summed E-state index contributed by atoms with van der Waals surface area (Å²) in [6.07, 6.45) is 0. The molecule has 0 aliphatic carbocycles. The summed E-state index contributed by atoms with van der Waals surface area (Å²) in [5.74, 6) is 6.72. The smallest absolute Gasteiger partial charge is 0.140 e. The Kier molecular flexibility index (Phi) is 4.81. The van der Waals surface area contributed by atoms with E-state index in [-0.39, 0.29) is 6.04 Å². The third-order valence-electron chi connectivity index (χ3n) is 5.07. The highest BCUT2D eigenvalue weighted by Gasteiger charge is 2.17. The van der Waals surface area contributed by atoms with Gasteiger partial charge in [0, 0.05) is 11.1 Å². The molecule has 1 unspecified atom stereocenters. The number of hydrogen-bond acceptors (Lipinski definition) is 2. The van der Waals surface area contributed by atoms with Crippen molar-refractivity contribution in [3.8, 4) is 23.0 Å². The van der Waals surface area contributed by atoms with Crippen molar-refractivity contribution in [3.63, 3.8) is 0 Å². The summed E-state index contributed by atoms with van der Waals surface area (Å²) in [6, 6.07) is 36.5. The van der Waals surface area contributed by atoms with Crippen LogP contribution in [0.15, 0.2) is 109 Å². The van der Waals surface area contributed by atoms with Crippen LogP contribution in [0, 0.1) is 11.8 Å². The van der Waals surface area contributed by atoms with Crippen molar-refractivity contribution in [2.45, 2.75) is 6.04 Å². The molecule has 0 fully saturated rings. The molecule has 142 valence electrons. The van der Waals surface area contributed by atoms with E-state index in [1.807, 2.05) is 71.4 Å². The first-order valence-electron chi connectivity index (χ1n) is 9.91. The van der Waals surface area contributed by atoms with Gasteiger partial charge in [-0.3, -0.25) is 0 Å². The SMILES string of the molecule is C(#CC(c1ccccc1)n1nnc2c(-c3ccccc3)cccc21)c1ccccc1. The van der Waals surface area contributed by atoms with Crippen molar-refractivity contribution in [1.29, 1.82) is 0 Å². The molecule has 0 aliphatic rings. The molecule has 30 heavy (non-hydrogen) atoms. The Labute approximate surface area is 175 Å². The first-order chi connectivity index (χ1) is 14.9. The molecule has 0 saturated carbocycles. The van der Waals surface area contributed by atoms with Crippen LogP contribution >= 0.6 is 0 Å². The van der Waals surface area contributed by atoms with Gasteiger partial charge in [0.15, 0.2) is 0 Å². The summed E-state index contributed by atoms with van der Waals surface area (Å²) < 4.78 is 1.92. The molecular weight excluding hydrogens is 366 g/mol. The van der Waals surface area contributed by atoms with Crippen molar-refractivity contribution in [2.75, 3.05) is 0 Å². The first kappa shape index (κ1) is 17.9. The fourth-order valence-electron chi connectivity index (χ4n) is 3.60. The van der Waals surface area contributed by atoms with Crippen LogP contribution in [-0.2, 0) is 0 Å². The van der Waals surface area contributed by atoms with E-state index in [2.05, 4.69) is 64.6 Å². The second kappa shape index (κ2) is 8.06. The number of fused-ring (bicyclic) bond motifs is 1. The minimum Gasteiger partial charge on any atom is -0.225 e. The highest BCUT2D eigenvalue weighted by Crippen LogP contribution is 2.29. The highest BCUT2D eigenvalue weighted by molar-refractivity contribution is 5.91. The van der Waals surface area contributed by atoms with Crippen LogP contribution < -0.4 is 0 Å². The molecule has 5 aromatic rings. The normalized spacial score (nSPS) is 11.6. The second-order valence-corrected chi connectivity index (χ2v) is 7.02.